The molecule has 10 heteroatoms. The first kappa shape index (κ1) is 20.2. The van der Waals surface area contributed by atoms with Crippen LogP contribution >= 0.6 is 0 Å². The second-order valence-corrected chi connectivity index (χ2v) is 6.37. The number of benzene rings is 2. The van der Waals surface area contributed by atoms with Crippen molar-refractivity contribution < 1.29 is 22.7 Å². The van der Waals surface area contributed by atoms with Gasteiger partial charge in [-0.1, -0.05) is 24.3 Å². The van der Waals surface area contributed by atoms with Crippen LogP contribution in [-0.2, 0) is 6.42 Å². The molecule has 1 unspecified atom stereocenters. The first-order chi connectivity index (χ1) is 13.7. The highest BCUT2D eigenvalue weighted by atomic mass is 19.4. The van der Waals surface area contributed by atoms with E-state index in [1.807, 2.05) is 31.2 Å². The zero-order chi connectivity index (χ0) is 21.0. The van der Waals surface area contributed by atoms with Crippen LogP contribution in [0.5, 0.6) is 5.75 Å². The van der Waals surface area contributed by atoms with Crippen LogP contribution in [0.25, 0.3) is 17.1 Å². The van der Waals surface area contributed by atoms with E-state index in [4.69, 9.17) is 5.73 Å². The fourth-order valence-electron chi connectivity index (χ4n) is 2.76. The summed E-state index contributed by atoms with van der Waals surface area (Å²) in [6, 6.07) is 12.2. The van der Waals surface area contributed by atoms with E-state index in [1.165, 1.54) is 35.3 Å². The maximum Gasteiger partial charge on any atom is 0.573 e. The Labute approximate surface area is 164 Å². The topological polar surface area (TPSA) is 95.1 Å². The lowest BCUT2D eigenvalue weighted by atomic mass is 10.1. The minimum absolute atomic E-state index is 0.0972. The maximum atomic E-state index is 12.2. The van der Waals surface area contributed by atoms with Crippen LogP contribution in [0.15, 0.2) is 54.9 Å². The van der Waals surface area contributed by atoms with Gasteiger partial charge in [0.15, 0.2) is 5.82 Å². The first-order valence-corrected chi connectivity index (χ1v) is 8.63. The lowest BCUT2D eigenvalue weighted by molar-refractivity contribution is -0.274. The monoisotopic (exact) mass is 405 g/mol. The van der Waals surface area contributed by atoms with Gasteiger partial charge in [0.25, 0.3) is 0 Å². The molecule has 1 aromatic heterocycles. The van der Waals surface area contributed by atoms with Crippen LogP contribution in [0.2, 0.25) is 0 Å². The zero-order valence-electron chi connectivity index (χ0n) is 15.3. The molecule has 29 heavy (non-hydrogen) atoms. The molecule has 0 bridgehead atoms. The number of nitrogens with zero attached hydrogens (tertiary/aromatic N) is 3. The van der Waals surface area contributed by atoms with Crippen LogP contribution in [0.3, 0.4) is 0 Å². The van der Waals surface area contributed by atoms with Crippen LogP contribution in [0, 0.1) is 0 Å². The van der Waals surface area contributed by atoms with Crippen molar-refractivity contribution in [3.8, 4) is 22.8 Å². The highest BCUT2D eigenvalue weighted by molar-refractivity contribution is 5.71. The van der Waals surface area contributed by atoms with Crippen molar-refractivity contribution in [3.63, 3.8) is 0 Å². The third-order valence-corrected chi connectivity index (χ3v) is 3.97. The van der Waals surface area contributed by atoms with Crippen molar-refractivity contribution in [1.29, 1.82) is 0 Å². The highest BCUT2D eigenvalue weighted by Crippen LogP contribution is 2.24. The van der Waals surface area contributed by atoms with Crippen LogP contribution in [0.1, 0.15) is 12.5 Å². The van der Waals surface area contributed by atoms with Gasteiger partial charge in [-0.05, 0) is 43.2 Å². The summed E-state index contributed by atoms with van der Waals surface area (Å²) in [6.07, 6.45) is -2.64. The molecule has 0 saturated carbocycles. The summed E-state index contributed by atoms with van der Waals surface area (Å²) in [5.74, 6) is 0.160. The Kier molecular flexibility index (Phi) is 5.71. The normalized spacial score (nSPS) is 12.4. The van der Waals surface area contributed by atoms with Crippen molar-refractivity contribution >= 4 is 6.03 Å². The smallest absolute Gasteiger partial charge is 0.406 e. The Morgan fingerprint density at radius 3 is 2.41 bits per heavy atom. The molecule has 7 nitrogen and oxygen atoms in total. The van der Waals surface area contributed by atoms with E-state index in [2.05, 4.69) is 20.1 Å². The number of aromatic nitrogens is 3. The number of amides is 2. The number of carbonyl (C=O) groups excluding carboxylic acids is 1. The van der Waals surface area contributed by atoms with Crippen LogP contribution < -0.4 is 15.8 Å². The number of nitrogens with two attached hydrogens (primary N) is 1. The molecule has 2 amide bonds. The van der Waals surface area contributed by atoms with E-state index in [0.717, 1.165) is 11.1 Å². The Hall–Kier alpha value is -3.56. The lowest BCUT2D eigenvalue weighted by Gasteiger charge is -2.12. The Morgan fingerprint density at radius 1 is 1.17 bits per heavy atom. The number of hydrogen-bond acceptors (Lipinski definition) is 4. The molecule has 0 aliphatic carbocycles. The van der Waals surface area contributed by atoms with Gasteiger partial charge in [0.05, 0.1) is 5.69 Å². The Balaban J connectivity index is 1.69. The molecule has 3 aromatic rings. The van der Waals surface area contributed by atoms with Crippen molar-refractivity contribution in [2.75, 3.05) is 0 Å². The van der Waals surface area contributed by atoms with E-state index in [0.29, 0.717) is 17.9 Å². The van der Waals surface area contributed by atoms with Crippen molar-refractivity contribution in [1.82, 2.24) is 20.1 Å². The quantitative estimate of drug-likeness (QED) is 0.657. The largest absolute Gasteiger partial charge is 0.573 e. The minimum Gasteiger partial charge on any atom is -0.406 e. The van der Waals surface area contributed by atoms with Gasteiger partial charge >= 0.3 is 12.4 Å². The number of rotatable bonds is 6. The number of nitrogens with one attached hydrogen (secondary N) is 1. The predicted molar refractivity (Wildman–Crippen MR) is 99.4 cm³/mol. The van der Waals surface area contributed by atoms with Crippen molar-refractivity contribution in [3.05, 3.63) is 60.4 Å². The molecule has 0 aliphatic heterocycles. The fourth-order valence-corrected chi connectivity index (χ4v) is 2.76. The third-order valence-electron chi connectivity index (χ3n) is 3.97. The van der Waals surface area contributed by atoms with E-state index >= 15 is 0 Å². The summed E-state index contributed by atoms with van der Waals surface area (Å²) in [5.41, 5.74) is 7.44. The van der Waals surface area contributed by atoms with Gasteiger partial charge in [0.2, 0.25) is 0 Å². The number of carbonyl (C=O) groups is 1. The average Bonchev–Trinajstić information content (AvgIpc) is 3.11. The molecule has 0 radical (unpaired) electrons. The number of hydrogen-bond donors (Lipinski definition) is 2. The van der Waals surface area contributed by atoms with Gasteiger partial charge in [-0.15, -0.1) is 18.3 Å². The van der Waals surface area contributed by atoms with Crippen molar-refractivity contribution in [2.24, 2.45) is 5.73 Å². The molecule has 1 atom stereocenters. The number of ether oxygens (including phenoxy) is 1. The van der Waals surface area contributed by atoms with Gasteiger partial charge in [-0.3, -0.25) is 0 Å². The molecular formula is C19H18F3N5O2. The third kappa shape index (κ3) is 5.71. The van der Waals surface area contributed by atoms with E-state index in [-0.39, 0.29) is 11.8 Å². The lowest BCUT2D eigenvalue weighted by Crippen LogP contribution is -2.37. The zero-order valence-corrected chi connectivity index (χ0v) is 15.3. The second-order valence-electron chi connectivity index (χ2n) is 6.37. The first-order valence-electron chi connectivity index (χ1n) is 8.63. The SMILES string of the molecule is CC(Cc1ccc(-c2ncn(-c3ccc(OC(F)(F)F)cc3)n2)cc1)NC(N)=O. The molecule has 3 rings (SSSR count). The van der Waals surface area contributed by atoms with Gasteiger partial charge in [0.1, 0.15) is 12.1 Å². The van der Waals surface area contributed by atoms with Crippen LogP contribution in [0.4, 0.5) is 18.0 Å². The summed E-state index contributed by atoms with van der Waals surface area (Å²) < 4.78 is 42.0. The molecule has 0 fully saturated rings. The molecule has 152 valence electrons. The van der Waals surface area contributed by atoms with Gasteiger partial charge in [-0.2, -0.15) is 0 Å². The number of urea groups is 1. The van der Waals surface area contributed by atoms with E-state index in [9.17, 15) is 18.0 Å². The molecule has 1 heterocycles. The summed E-state index contributed by atoms with van der Waals surface area (Å²) in [4.78, 5) is 15.1. The number of primary amides is 1. The molecule has 0 saturated heterocycles. The van der Waals surface area contributed by atoms with Crippen LogP contribution in [-0.4, -0.2) is 33.2 Å². The fraction of sp³-hybridized carbons (Fsp3) is 0.211. The maximum absolute atomic E-state index is 12.2. The summed E-state index contributed by atoms with van der Waals surface area (Å²) in [6.45, 7) is 1.85. The average molecular weight is 405 g/mol. The number of alkyl halides is 3. The van der Waals surface area contributed by atoms with Gasteiger partial charge in [-0.25, -0.2) is 14.5 Å². The standard InChI is InChI=1S/C19H18F3N5O2/c1-12(25-18(23)28)10-13-2-4-14(5-3-13)17-24-11-27(26-17)15-6-8-16(9-7-15)29-19(20,21)22/h2-9,11-12H,10H2,1H3,(H3,23,25,28). The summed E-state index contributed by atoms with van der Waals surface area (Å²) in [5, 5.41) is 6.97. The molecular weight excluding hydrogens is 387 g/mol. The summed E-state index contributed by atoms with van der Waals surface area (Å²) >= 11 is 0. The minimum atomic E-state index is -4.73. The van der Waals surface area contributed by atoms with Gasteiger partial charge in [0, 0.05) is 11.6 Å². The Bertz CT molecular complexity index is 969. The summed E-state index contributed by atoms with van der Waals surface area (Å²) in [7, 11) is 0. The van der Waals surface area contributed by atoms with E-state index in [1.54, 1.807) is 0 Å². The number of halogens is 3. The molecule has 0 spiro atoms. The predicted octanol–water partition coefficient (Wildman–Crippen LogP) is 3.43. The molecule has 2 aromatic carbocycles. The Morgan fingerprint density at radius 2 is 1.83 bits per heavy atom. The molecule has 3 N–H and O–H groups in total. The van der Waals surface area contributed by atoms with Crippen molar-refractivity contribution in [2.45, 2.75) is 25.7 Å². The van der Waals surface area contributed by atoms with E-state index < -0.39 is 12.4 Å². The van der Waals surface area contributed by atoms with Gasteiger partial charge < -0.3 is 15.8 Å². The second kappa shape index (κ2) is 8.21. The molecule has 0 aliphatic rings. The highest BCUT2D eigenvalue weighted by Gasteiger charge is 2.31.